The summed E-state index contributed by atoms with van der Waals surface area (Å²) in [5, 5.41) is 4.40. The van der Waals surface area contributed by atoms with E-state index in [1.165, 1.54) is 0 Å². The highest BCUT2D eigenvalue weighted by molar-refractivity contribution is 7.84. The molecule has 1 N–H and O–H groups in total. The molecule has 148 valence electrons. The van der Waals surface area contributed by atoms with Gasteiger partial charge in [-0.15, -0.1) is 0 Å². The normalized spacial score (nSPS) is 15.4. The van der Waals surface area contributed by atoms with Crippen molar-refractivity contribution in [3.63, 3.8) is 0 Å². The van der Waals surface area contributed by atoms with E-state index in [0.29, 0.717) is 5.75 Å². The molecule has 2 atom stereocenters. The van der Waals surface area contributed by atoms with Gasteiger partial charge in [0.05, 0.1) is 6.61 Å². The van der Waals surface area contributed by atoms with E-state index in [1.54, 1.807) is 12.1 Å². The lowest BCUT2D eigenvalue weighted by Gasteiger charge is -2.26. The largest absolute Gasteiger partial charge is 0.464 e. The van der Waals surface area contributed by atoms with Crippen LogP contribution < -0.4 is 9.61 Å². The highest BCUT2D eigenvalue weighted by Gasteiger charge is 2.34. The summed E-state index contributed by atoms with van der Waals surface area (Å²) in [6.07, 6.45) is 0. The van der Waals surface area contributed by atoms with Crippen molar-refractivity contribution >= 4 is 34.9 Å². The first-order chi connectivity index (χ1) is 12.5. The minimum atomic E-state index is -3.83. The van der Waals surface area contributed by atoms with Crippen molar-refractivity contribution in [2.45, 2.75) is 40.7 Å². The number of hydrogen-bond donors (Lipinski definition) is 1. The molecule has 0 saturated carbocycles. The van der Waals surface area contributed by atoms with E-state index >= 15 is 0 Å². The number of ether oxygens (including phenoxy) is 1. The molecule has 2 unspecified atom stereocenters. The molecule has 0 spiro atoms. The lowest BCUT2D eigenvalue weighted by atomic mass is 9.98. The maximum absolute atomic E-state index is 12.9. The Morgan fingerprint density at radius 1 is 1.15 bits per heavy atom. The Kier molecular flexibility index (Phi) is 6.96. The monoisotopic (exact) mass is 411 g/mol. The lowest BCUT2D eigenvalue weighted by Crippen LogP contribution is -2.41. The molecule has 0 aliphatic rings. The molecule has 0 heterocycles. The highest BCUT2D eigenvalue weighted by Crippen LogP contribution is 2.50. The Bertz CT molecular complexity index is 842. The first-order valence-electron chi connectivity index (χ1n) is 8.90. The number of carbonyl (C=O) groups excluding carboxylic acids is 1. The summed E-state index contributed by atoms with van der Waals surface area (Å²) in [4.78, 5) is 12.5. The van der Waals surface area contributed by atoms with E-state index in [2.05, 4.69) is 5.09 Å². The molecular weight excluding hydrogens is 385 g/mol. The number of hydrogen-bond acceptors (Lipinski definition) is 4. The minimum absolute atomic E-state index is 0.165. The number of benzene rings is 2. The van der Waals surface area contributed by atoms with Crippen LogP contribution in [0.5, 0.6) is 5.75 Å². The van der Waals surface area contributed by atoms with Crippen LogP contribution in [0.25, 0.3) is 10.8 Å². The molecule has 0 fully saturated rings. The predicted molar refractivity (Wildman–Crippen MR) is 110 cm³/mol. The molecule has 0 aromatic heterocycles. The van der Waals surface area contributed by atoms with Gasteiger partial charge in [0.1, 0.15) is 11.8 Å². The van der Waals surface area contributed by atoms with Gasteiger partial charge in [-0.25, -0.2) is 9.65 Å². The fraction of sp³-hybridized carbons (Fsp3) is 0.450. The highest BCUT2D eigenvalue weighted by atomic mass is 35.7. The van der Waals surface area contributed by atoms with Crippen molar-refractivity contribution in [1.29, 1.82) is 0 Å². The summed E-state index contributed by atoms with van der Waals surface area (Å²) in [6.45, 7) is 5.98. The maximum atomic E-state index is 12.9. The Balaban J connectivity index is 2.16. The standard InChI is InChI=1S/C20H27ClNO4P/c1-14(2)18(19(23)25-13-20(3,4)5)22-27(21,24)26-17-12-8-10-15-9-6-7-11-16(15)17/h6-12,14,18H,13H2,1-5H3,(H,22,24). The van der Waals surface area contributed by atoms with Crippen LogP contribution in [0.3, 0.4) is 0 Å². The van der Waals surface area contributed by atoms with Crippen LogP contribution in [0.15, 0.2) is 42.5 Å². The second-order valence-electron chi connectivity index (χ2n) is 8.07. The molecule has 27 heavy (non-hydrogen) atoms. The van der Waals surface area contributed by atoms with Crippen molar-refractivity contribution in [3.05, 3.63) is 42.5 Å². The molecule has 0 bridgehead atoms. The van der Waals surface area contributed by atoms with Crippen LogP contribution in [0.2, 0.25) is 0 Å². The van der Waals surface area contributed by atoms with Crippen molar-refractivity contribution in [1.82, 2.24) is 5.09 Å². The zero-order valence-electron chi connectivity index (χ0n) is 16.4. The van der Waals surface area contributed by atoms with Crippen molar-refractivity contribution in [3.8, 4) is 5.75 Å². The van der Waals surface area contributed by atoms with Gasteiger partial charge in [0.2, 0.25) is 0 Å². The Morgan fingerprint density at radius 2 is 1.78 bits per heavy atom. The number of rotatable bonds is 7. The zero-order chi connectivity index (χ0) is 20.2. The fourth-order valence-corrected chi connectivity index (χ4v) is 4.18. The average Bonchev–Trinajstić information content (AvgIpc) is 2.57. The molecule has 0 radical (unpaired) electrons. The van der Waals surface area contributed by atoms with Gasteiger partial charge in [-0.2, -0.15) is 0 Å². The van der Waals surface area contributed by atoms with E-state index < -0.39 is 18.9 Å². The average molecular weight is 412 g/mol. The predicted octanol–water partition coefficient (Wildman–Crippen LogP) is 5.77. The number of carbonyl (C=O) groups is 1. The Labute approximate surface area is 165 Å². The number of fused-ring (bicyclic) bond motifs is 1. The van der Waals surface area contributed by atoms with Gasteiger partial charge >= 0.3 is 12.8 Å². The smallest absolute Gasteiger partial charge is 0.409 e. The van der Waals surface area contributed by atoms with E-state index in [9.17, 15) is 9.36 Å². The van der Waals surface area contributed by atoms with Crippen LogP contribution in [-0.4, -0.2) is 18.6 Å². The second kappa shape index (κ2) is 8.64. The van der Waals surface area contributed by atoms with Crippen LogP contribution in [0.4, 0.5) is 0 Å². The van der Waals surface area contributed by atoms with Gasteiger partial charge in [-0.05, 0) is 22.8 Å². The van der Waals surface area contributed by atoms with Gasteiger partial charge in [0.15, 0.2) is 0 Å². The third-order valence-electron chi connectivity index (χ3n) is 3.83. The van der Waals surface area contributed by atoms with Crippen LogP contribution >= 0.6 is 18.1 Å². The van der Waals surface area contributed by atoms with Crippen molar-refractivity contribution in [2.24, 2.45) is 11.3 Å². The van der Waals surface area contributed by atoms with E-state index in [1.807, 2.05) is 65.0 Å². The summed E-state index contributed by atoms with van der Waals surface area (Å²) in [5.74, 6) is -0.285. The molecule has 5 nitrogen and oxygen atoms in total. The molecular formula is C20H27ClNO4P. The summed E-state index contributed by atoms with van der Waals surface area (Å²) in [7, 11) is 0. The third-order valence-corrected chi connectivity index (χ3v) is 5.34. The van der Waals surface area contributed by atoms with Crippen LogP contribution in [0, 0.1) is 11.3 Å². The molecule has 7 heteroatoms. The summed E-state index contributed by atoms with van der Waals surface area (Å²) in [5.41, 5.74) is -0.165. The van der Waals surface area contributed by atoms with E-state index in [4.69, 9.17) is 20.5 Å². The molecule has 0 amide bonds. The third kappa shape index (κ3) is 6.53. The number of nitrogens with one attached hydrogen (secondary N) is 1. The topological polar surface area (TPSA) is 64.6 Å². The second-order valence-corrected chi connectivity index (χ2v) is 10.8. The van der Waals surface area contributed by atoms with E-state index in [-0.39, 0.29) is 17.9 Å². The fourth-order valence-electron chi connectivity index (χ4n) is 2.45. The molecule has 2 aromatic rings. The first kappa shape index (κ1) is 21.7. The van der Waals surface area contributed by atoms with Gasteiger partial charge in [0.25, 0.3) is 0 Å². The lowest BCUT2D eigenvalue weighted by molar-refractivity contribution is -0.149. The number of halogens is 1. The zero-order valence-corrected chi connectivity index (χ0v) is 18.0. The summed E-state index contributed by atoms with van der Waals surface area (Å²) < 4.78 is 23.8. The molecule has 0 saturated heterocycles. The van der Waals surface area contributed by atoms with Gasteiger partial charge in [-0.1, -0.05) is 71.0 Å². The van der Waals surface area contributed by atoms with Gasteiger partial charge < -0.3 is 9.26 Å². The van der Waals surface area contributed by atoms with Crippen LogP contribution in [-0.2, 0) is 14.1 Å². The Hall–Kier alpha value is -1.55. The quantitative estimate of drug-likeness (QED) is 0.463. The van der Waals surface area contributed by atoms with E-state index in [0.717, 1.165) is 10.8 Å². The first-order valence-corrected chi connectivity index (χ1v) is 11.4. The molecule has 0 aliphatic carbocycles. The molecule has 2 aromatic carbocycles. The summed E-state index contributed by atoms with van der Waals surface area (Å²) >= 11 is 6.16. The SMILES string of the molecule is CC(C)C(NP(=O)(Cl)Oc1cccc2ccccc12)C(=O)OCC(C)(C)C. The minimum Gasteiger partial charge on any atom is -0.464 e. The summed E-state index contributed by atoms with van der Waals surface area (Å²) in [6, 6.07) is 12.1. The van der Waals surface area contributed by atoms with Crippen molar-refractivity contribution in [2.75, 3.05) is 6.61 Å². The van der Waals surface area contributed by atoms with Gasteiger partial charge in [0, 0.05) is 16.6 Å². The number of esters is 1. The molecule has 2 rings (SSSR count). The molecule has 0 aliphatic heterocycles. The Morgan fingerprint density at radius 3 is 2.41 bits per heavy atom. The van der Waals surface area contributed by atoms with Crippen LogP contribution in [0.1, 0.15) is 34.6 Å². The van der Waals surface area contributed by atoms with Gasteiger partial charge in [-0.3, -0.25) is 4.79 Å². The van der Waals surface area contributed by atoms with Crippen molar-refractivity contribution < 1.29 is 18.6 Å². The maximum Gasteiger partial charge on any atom is 0.409 e.